The number of nitrogens with zero attached hydrogens (tertiary/aromatic N) is 4. The zero-order valence-electron chi connectivity index (χ0n) is 23.7. The van der Waals surface area contributed by atoms with Gasteiger partial charge in [-0.25, -0.2) is 14.4 Å². The number of aldehydes is 1. The summed E-state index contributed by atoms with van der Waals surface area (Å²) in [6.45, 7) is 14.6. The Hall–Kier alpha value is -3.92. The van der Waals surface area contributed by atoms with Crippen molar-refractivity contribution in [3.63, 3.8) is 0 Å². The molecule has 208 valence electrons. The number of carbonyl (C=O) groups is 2. The summed E-state index contributed by atoms with van der Waals surface area (Å²) in [6, 6.07) is 5.78. The maximum absolute atomic E-state index is 13.0. The minimum absolute atomic E-state index is 0.0307. The van der Waals surface area contributed by atoms with Gasteiger partial charge in [0.25, 0.3) is 5.91 Å². The molecule has 0 saturated carbocycles. The van der Waals surface area contributed by atoms with Gasteiger partial charge < -0.3 is 20.3 Å². The first-order valence-electron chi connectivity index (χ1n) is 12.8. The highest BCUT2D eigenvalue weighted by molar-refractivity contribution is 6.10. The van der Waals surface area contributed by atoms with Gasteiger partial charge in [0, 0.05) is 30.7 Å². The lowest BCUT2D eigenvalue weighted by molar-refractivity contribution is 0.0307. The van der Waals surface area contributed by atoms with Crippen molar-refractivity contribution in [2.45, 2.75) is 47.1 Å². The maximum atomic E-state index is 13.0. The number of carbonyl (C=O) groups excluding carboxylic acids is 2. The predicted octanol–water partition coefficient (Wildman–Crippen LogP) is 4.74. The van der Waals surface area contributed by atoms with Crippen LogP contribution >= 0.6 is 0 Å². The monoisotopic (exact) mass is 535 g/mol. The number of nitrogens with one attached hydrogen (secondary N) is 3. The van der Waals surface area contributed by atoms with Crippen molar-refractivity contribution in [3.05, 3.63) is 77.2 Å². The van der Waals surface area contributed by atoms with Gasteiger partial charge in [0.15, 0.2) is 6.29 Å². The number of aryl methyl sites for hydroxylation is 1. The van der Waals surface area contributed by atoms with Crippen LogP contribution in [0.5, 0.6) is 0 Å². The number of imidazole rings is 2. The van der Waals surface area contributed by atoms with Crippen LogP contribution in [0.2, 0.25) is 0 Å². The van der Waals surface area contributed by atoms with Crippen molar-refractivity contribution in [1.82, 2.24) is 29.7 Å². The van der Waals surface area contributed by atoms with Gasteiger partial charge in [-0.3, -0.25) is 14.5 Å². The number of halogens is 1. The molecule has 1 aliphatic heterocycles. The highest BCUT2D eigenvalue weighted by atomic mass is 19.1. The third kappa shape index (κ3) is 7.57. The van der Waals surface area contributed by atoms with Gasteiger partial charge in [0.2, 0.25) is 0 Å². The number of rotatable bonds is 5. The van der Waals surface area contributed by atoms with E-state index >= 15 is 0 Å². The quantitative estimate of drug-likeness (QED) is 0.322. The van der Waals surface area contributed by atoms with Crippen molar-refractivity contribution in [1.29, 1.82) is 5.41 Å². The molecule has 3 heterocycles. The number of H-pyrrole nitrogens is 2. The number of hydrogen-bond donors (Lipinski definition) is 3. The SMILES string of the molecule is CC(C)(C)/C(=C/C(=N)c1ccc(F)cc1)c1ncc(C=O)[nH]1.Cc1ncc(C(=O)N2CCN(C)C(C)(C)C2)[nH]1. The van der Waals surface area contributed by atoms with Crippen LogP contribution in [0.3, 0.4) is 0 Å². The van der Waals surface area contributed by atoms with Crippen LogP contribution in [-0.4, -0.2) is 79.9 Å². The van der Waals surface area contributed by atoms with Gasteiger partial charge >= 0.3 is 0 Å². The molecular formula is C29H38FN7O2. The second kappa shape index (κ2) is 11.9. The standard InChI is InChI=1S/C17H18FN3O.C12H20N4O/c1-17(2,3)14(16-20-9-13(10-22)21-16)8-15(19)11-4-6-12(18)7-5-11;1-9-13-7-10(14-9)11(17)16-6-5-15(4)12(2,3)8-16/h4-10,19H,1-3H3,(H,20,21);7H,5-6,8H2,1-4H3,(H,13,14)/b14-8+,19-15?;. The molecule has 10 heteroatoms. The average Bonchev–Trinajstić information content (AvgIpc) is 3.52. The fourth-order valence-corrected chi connectivity index (χ4v) is 4.14. The largest absolute Gasteiger partial charge is 0.338 e. The second-order valence-electron chi connectivity index (χ2n) is 11.4. The summed E-state index contributed by atoms with van der Waals surface area (Å²) in [7, 11) is 2.10. The molecule has 4 rings (SSSR count). The van der Waals surface area contributed by atoms with Crippen molar-refractivity contribution >= 4 is 23.5 Å². The van der Waals surface area contributed by atoms with Crippen LogP contribution in [0.15, 0.2) is 42.7 Å². The number of piperazine rings is 1. The molecular weight excluding hydrogens is 497 g/mol. The highest BCUT2D eigenvalue weighted by Gasteiger charge is 2.33. The minimum atomic E-state index is -0.335. The summed E-state index contributed by atoms with van der Waals surface area (Å²) in [5.74, 6) is 1.05. The predicted molar refractivity (Wildman–Crippen MR) is 151 cm³/mol. The van der Waals surface area contributed by atoms with Gasteiger partial charge in [0.05, 0.1) is 23.8 Å². The average molecular weight is 536 g/mol. The Morgan fingerprint density at radius 2 is 1.77 bits per heavy atom. The zero-order chi connectivity index (χ0) is 29.0. The smallest absolute Gasteiger partial charge is 0.272 e. The van der Waals surface area contributed by atoms with Gasteiger partial charge in [-0.05, 0) is 69.1 Å². The minimum Gasteiger partial charge on any atom is -0.338 e. The third-order valence-electron chi connectivity index (χ3n) is 6.77. The molecule has 0 aliphatic carbocycles. The molecule has 0 spiro atoms. The van der Waals surface area contributed by atoms with Crippen LogP contribution in [0.4, 0.5) is 4.39 Å². The second-order valence-corrected chi connectivity index (χ2v) is 11.4. The molecule has 3 N–H and O–H groups in total. The van der Waals surface area contributed by atoms with Crippen LogP contribution in [0, 0.1) is 23.6 Å². The Labute approximate surface area is 229 Å². The molecule has 0 radical (unpaired) electrons. The fraction of sp³-hybridized carbons (Fsp3) is 0.414. The van der Waals surface area contributed by atoms with E-state index in [4.69, 9.17) is 5.41 Å². The van der Waals surface area contributed by atoms with Crippen molar-refractivity contribution in [2.75, 3.05) is 26.7 Å². The lowest BCUT2D eigenvalue weighted by Gasteiger charge is -2.45. The van der Waals surface area contributed by atoms with Crippen LogP contribution in [-0.2, 0) is 0 Å². The highest BCUT2D eigenvalue weighted by Crippen LogP contribution is 2.32. The molecule has 9 nitrogen and oxygen atoms in total. The molecule has 1 aromatic carbocycles. The van der Waals surface area contributed by atoms with Crippen molar-refractivity contribution < 1.29 is 14.0 Å². The van der Waals surface area contributed by atoms with E-state index in [-0.39, 0.29) is 28.4 Å². The lowest BCUT2D eigenvalue weighted by atomic mass is 9.84. The van der Waals surface area contributed by atoms with Gasteiger partial charge in [-0.1, -0.05) is 20.8 Å². The van der Waals surface area contributed by atoms with Gasteiger partial charge in [-0.2, -0.15) is 0 Å². The number of benzene rings is 1. The number of allylic oxidation sites excluding steroid dienone is 2. The Morgan fingerprint density at radius 1 is 1.10 bits per heavy atom. The van der Waals surface area contributed by atoms with Gasteiger partial charge in [0.1, 0.15) is 23.2 Å². The van der Waals surface area contributed by atoms with Crippen LogP contribution in [0.25, 0.3) is 5.57 Å². The van der Waals surface area contributed by atoms with E-state index in [2.05, 4.69) is 45.7 Å². The Kier molecular flexibility index (Phi) is 9.01. The zero-order valence-corrected chi connectivity index (χ0v) is 23.7. The molecule has 2 aromatic heterocycles. The molecule has 1 amide bonds. The van der Waals surface area contributed by atoms with E-state index in [0.29, 0.717) is 29.1 Å². The van der Waals surface area contributed by atoms with Gasteiger partial charge in [-0.15, -0.1) is 0 Å². The molecule has 0 bridgehead atoms. The molecule has 0 atom stereocenters. The van der Waals surface area contributed by atoms with E-state index in [9.17, 15) is 14.0 Å². The summed E-state index contributed by atoms with van der Waals surface area (Å²) in [5, 5.41) is 8.20. The lowest BCUT2D eigenvalue weighted by Crippen LogP contribution is -2.58. The molecule has 1 fully saturated rings. The Morgan fingerprint density at radius 3 is 2.28 bits per heavy atom. The van der Waals surface area contributed by atoms with Crippen molar-refractivity contribution in [3.8, 4) is 0 Å². The summed E-state index contributed by atoms with van der Waals surface area (Å²) in [6.07, 6.45) is 5.47. The van der Waals surface area contributed by atoms with Crippen molar-refractivity contribution in [2.24, 2.45) is 5.41 Å². The third-order valence-corrected chi connectivity index (χ3v) is 6.77. The van der Waals surface area contributed by atoms with E-state index < -0.39 is 0 Å². The molecule has 0 unspecified atom stereocenters. The Balaban J connectivity index is 0.000000223. The first kappa shape index (κ1) is 29.6. The van der Waals surface area contributed by atoms with E-state index in [1.165, 1.54) is 18.3 Å². The van der Waals surface area contributed by atoms with Crippen LogP contribution in [0.1, 0.15) is 72.8 Å². The first-order valence-corrected chi connectivity index (χ1v) is 12.8. The number of hydrogen-bond acceptors (Lipinski definition) is 6. The summed E-state index contributed by atoms with van der Waals surface area (Å²) >= 11 is 0. The molecule has 39 heavy (non-hydrogen) atoms. The number of amides is 1. The Bertz CT molecular complexity index is 1350. The normalized spacial score (nSPS) is 15.9. The van der Waals surface area contributed by atoms with Crippen LogP contribution < -0.4 is 0 Å². The van der Waals surface area contributed by atoms with E-state index in [1.54, 1.807) is 24.4 Å². The maximum Gasteiger partial charge on any atom is 0.272 e. The van der Waals surface area contributed by atoms with E-state index in [1.807, 2.05) is 32.6 Å². The first-order chi connectivity index (χ1) is 18.2. The summed E-state index contributed by atoms with van der Waals surface area (Å²) in [5.41, 5.74) is 2.41. The topological polar surface area (TPSA) is 122 Å². The molecule has 3 aromatic rings. The summed E-state index contributed by atoms with van der Waals surface area (Å²) in [4.78, 5) is 41.4. The number of aromatic nitrogens is 4. The molecule has 1 aliphatic rings. The number of aromatic amines is 2. The fourth-order valence-electron chi connectivity index (χ4n) is 4.14. The molecule has 1 saturated heterocycles. The summed E-state index contributed by atoms with van der Waals surface area (Å²) < 4.78 is 13.0. The van der Waals surface area contributed by atoms with E-state index in [0.717, 1.165) is 31.0 Å². The number of likely N-dealkylation sites (N-methyl/N-ethyl adjacent to an activating group) is 1.